The van der Waals surface area contributed by atoms with Gasteiger partial charge in [0.25, 0.3) is 0 Å². The minimum absolute atomic E-state index is 0.557. The second kappa shape index (κ2) is 8.90. The molecule has 0 radical (unpaired) electrons. The third kappa shape index (κ3) is 5.11. The lowest BCUT2D eigenvalue weighted by molar-refractivity contribution is 0.966. The summed E-state index contributed by atoms with van der Waals surface area (Å²) < 4.78 is 0. The SMILES string of the molecule is C/C=C(\N=C(C)CNc1nc(C)cc(Nc2cc(C3CC3)[nH]n2)n1)c1ccccc1. The van der Waals surface area contributed by atoms with Crippen LogP contribution in [-0.2, 0) is 0 Å². The van der Waals surface area contributed by atoms with Crippen LogP contribution in [0.15, 0.2) is 53.5 Å². The molecule has 0 spiro atoms. The van der Waals surface area contributed by atoms with E-state index in [1.165, 1.54) is 18.5 Å². The lowest BCUT2D eigenvalue weighted by Gasteiger charge is -2.09. The number of anilines is 3. The minimum Gasteiger partial charge on any atom is -0.349 e. The van der Waals surface area contributed by atoms with Crippen molar-refractivity contribution in [3.63, 3.8) is 0 Å². The standard InChI is InChI=1S/C23H27N7/c1-4-19(17-8-6-5-7-9-17)25-16(3)14-24-23-26-15(2)12-21(28-23)27-22-13-20(29-30-22)18-10-11-18/h4-9,12-13,18H,10-11,14H2,1-3H3,(H3,24,26,27,28,29,30)/b19-4-,25-16?. The van der Waals surface area contributed by atoms with Crippen LogP contribution < -0.4 is 10.6 Å². The second-order valence-electron chi connectivity index (χ2n) is 7.57. The van der Waals surface area contributed by atoms with Crippen molar-refractivity contribution in [3.05, 3.63) is 65.5 Å². The van der Waals surface area contributed by atoms with E-state index in [1.54, 1.807) is 0 Å². The highest BCUT2D eigenvalue weighted by atomic mass is 15.2. The summed E-state index contributed by atoms with van der Waals surface area (Å²) in [7, 11) is 0. The number of hydrogen-bond donors (Lipinski definition) is 3. The molecule has 2 heterocycles. The van der Waals surface area contributed by atoms with Gasteiger partial charge in [0.2, 0.25) is 5.95 Å². The van der Waals surface area contributed by atoms with E-state index >= 15 is 0 Å². The van der Waals surface area contributed by atoms with Crippen molar-refractivity contribution < 1.29 is 0 Å². The Kier molecular flexibility index (Phi) is 5.88. The van der Waals surface area contributed by atoms with E-state index in [2.05, 4.69) is 49.0 Å². The van der Waals surface area contributed by atoms with E-state index in [9.17, 15) is 0 Å². The van der Waals surface area contributed by atoms with Crippen molar-refractivity contribution in [2.75, 3.05) is 17.2 Å². The predicted octanol–water partition coefficient (Wildman–Crippen LogP) is 5.06. The van der Waals surface area contributed by atoms with Crippen molar-refractivity contribution >= 4 is 29.0 Å². The van der Waals surface area contributed by atoms with E-state index in [4.69, 9.17) is 4.99 Å². The normalized spacial score (nSPS) is 14.6. The maximum absolute atomic E-state index is 4.75. The van der Waals surface area contributed by atoms with Gasteiger partial charge < -0.3 is 10.6 Å². The summed E-state index contributed by atoms with van der Waals surface area (Å²) in [5, 5.41) is 14.0. The van der Waals surface area contributed by atoms with Crippen LogP contribution in [-0.4, -0.2) is 32.4 Å². The Balaban J connectivity index is 1.41. The number of allylic oxidation sites excluding steroid dienone is 1. The van der Waals surface area contributed by atoms with Crippen molar-refractivity contribution in [2.45, 2.75) is 39.5 Å². The number of benzene rings is 1. The van der Waals surface area contributed by atoms with Gasteiger partial charge in [0.05, 0.1) is 12.2 Å². The highest BCUT2D eigenvalue weighted by molar-refractivity contribution is 5.90. The zero-order chi connectivity index (χ0) is 20.9. The summed E-state index contributed by atoms with van der Waals surface area (Å²) in [5.41, 5.74) is 5.07. The van der Waals surface area contributed by atoms with Crippen molar-refractivity contribution in [1.29, 1.82) is 0 Å². The smallest absolute Gasteiger partial charge is 0.225 e. The maximum Gasteiger partial charge on any atom is 0.225 e. The molecular weight excluding hydrogens is 374 g/mol. The van der Waals surface area contributed by atoms with Gasteiger partial charge in [-0.2, -0.15) is 10.1 Å². The molecule has 30 heavy (non-hydrogen) atoms. The Hall–Kier alpha value is -3.48. The third-order valence-corrected chi connectivity index (χ3v) is 4.88. The number of aromatic nitrogens is 4. The molecular formula is C23H27N7. The zero-order valence-corrected chi connectivity index (χ0v) is 17.6. The van der Waals surface area contributed by atoms with Gasteiger partial charge in [-0.25, -0.2) is 4.98 Å². The number of H-pyrrole nitrogens is 1. The van der Waals surface area contributed by atoms with Crippen LogP contribution in [0, 0.1) is 6.92 Å². The molecule has 1 fully saturated rings. The molecule has 1 aromatic carbocycles. The number of nitrogens with one attached hydrogen (secondary N) is 3. The molecule has 7 heteroatoms. The highest BCUT2D eigenvalue weighted by Gasteiger charge is 2.25. The Morgan fingerprint density at radius 2 is 1.97 bits per heavy atom. The summed E-state index contributed by atoms with van der Waals surface area (Å²) in [5.74, 6) is 2.69. The van der Waals surface area contributed by atoms with Gasteiger partial charge in [-0.05, 0) is 39.2 Å². The first-order valence-corrected chi connectivity index (χ1v) is 10.3. The summed E-state index contributed by atoms with van der Waals surface area (Å²) in [4.78, 5) is 13.8. The Morgan fingerprint density at radius 3 is 2.70 bits per heavy atom. The molecule has 1 aliphatic carbocycles. The van der Waals surface area contributed by atoms with Gasteiger partial charge in [0.1, 0.15) is 5.82 Å². The lowest BCUT2D eigenvalue weighted by atomic mass is 10.1. The molecule has 1 saturated carbocycles. The van der Waals surface area contributed by atoms with Gasteiger partial charge in [0.15, 0.2) is 5.82 Å². The fraction of sp³-hybridized carbons (Fsp3) is 0.304. The van der Waals surface area contributed by atoms with Gasteiger partial charge in [-0.3, -0.25) is 10.1 Å². The third-order valence-electron chi connectivity index (χ3n) is 4.88. The molecule has 0 atom stereocenters. The van der Waals surface area contributed by atoms with Crippen LogP contribution in [0.3, 0.4) is 0 Å². The molecule has 2 aromatic heterocycles. The van der Waals surface area contributed by atoms with E-state index in [-0.39, 0.29) is 0 Å². The highest BCUT2D eigenvalue weighted by Crippen LogP contribution is 2.39. The molecule has 3 aromatic rings. The van der Waals surface area contributed by atoms with Crippen LogP contribution in [0.4, 0.5) is 17.6 Å². The van der Waals surface area contributed by atoms with E-state index in [1.807, 2.05) is 51.1 Å². The number of hydrogen-bond acceptors (Lipinski definition) is 6. The summed E-state index contributed by atoms with van der Waals surface area (Å²) >= 11 is 0. The molecule has 0 amide bonds. The van der Waals surface area contributed by atoms with Gasteiger partial charge >= 0.3 is 0 Å². The van der Waals surface area contributed by atoms with E-state index < -0.39 is 0 Å². The molecule has 7 nitrogen and oxygen atoms in total. The van der Waals surface area contributed by atoms with Gasteiger partial charge in [-0.1, -0.05) is 36.4 Å². The predicted molar refractivity (Wildman–Crippen MR) is 122 cm³/mol. The average molecular weight is 402 g/mol. The maximum atomic E-state index is 4.75. The summed E-state index contributed by atoms with van der Waals surface area (Å²) in [6.45, 7) is 6.50. The first-order valence-electron chi connectivity index (χ1n) is 10.3. The fourth-order valence-electron chi connectivity index (χ4n) is 3.20. The number of aromatic amines is 1. The van der Waals surface area contributed by atoms with Crippen LogP contribution in [0.2, 0.25) is 0 Å². The first kappa shape index (κ1) is 19.8. The molecule has 0 unspecified atom stereocenters. The van der Waals surface area contributed by atoms with Gasteiger partial charge in [0, 0.05) is 35.2 Å². The first-order chi connectivity index (χ1) is 14.6. The molecule has 1 aliphatic rings. The molecule has 0 bridgehead atoms. The van der Waals surface area contributed by atoms with Crippen LogP contribution >= 0.6 is 0 Å². The van der Waals surface area contributed by atoms with Crippen molar-refractivity contribution in [3.8, 4) is 0 Å². The largest absolute Gasteiger partial charge is 0.349 e. The summed E-state index contributed by atoms with van der Waals surface area (Å²) in [6.07, 6.45) is 4.49. The van der Waals surface area contributed by atoms with Crippen LogP contribution in [0.25, 0.3) is 5.70 Å². The van der Waals surface area contributed by atoms with Crippen LogP contribution in [0.5, 0.6) is 0 Å². The Labute approximate surface area is 176 Å². The second-order valence-corrected chi connectivity index (χ2v) is 7.57. The zero-order valence-electron chi connectivity index (χ0n) is 17.6. The van der Waals surface area contributed by atoms with E-state index in [0.717, 1.165) is 28.5 Å². The average Bonchev–Trinajstić information content (AvgIpc) is 3.50. The van der Waals surface area contributed by atoms with E-state index in [0.29, 0.717) is 24.2 Å². The molecule has 154 valence electrons. The fourth-order valence-corrected chi connectivity index (χ4v) is 3.20. The van der Waals surface area contributed by atoms with Crippen molar-refractivity contribution in [2.24, 2.45) is 4.99 Å². The van der Waals surface area contributed by atoms with Crippen molar-refractivity contribution in [1.82, 2.24) is 20.2 Å². The quantitative estimate of drug-likeness (QED) is 0.459. The number of rotatable bonds is 8. The molecule has 0 aliphatic heterocycles. The number of aryl methyl sites for hydroxylation is 1. The minimum atomic E-state index is 0.557. The molecule has 4 rings (SSSR count). The summed E-state index contributed by atoms with van der Waals surface area (Å²) in [6, 6.07) is 14.1. The topological polar surface area (TPSA) is 90.9 Å². The molecule has 0 saturated heterocycles. The number of nitrogens with zero attached hydrogens (tertiary/aromatic N) is 4. The van der Waals surface area contributed by atoms with Gasteiger partial charge in [-0.15, -0.1) is 0 Å². The molecule has 3 N–H and O–H groups in total. The number of aliphatic imine (C=N–C) groups is 1. The monoisotopic (exact) mass is 401 g/mol. The lowest BCUT2D eigenvalue weighted by Crippen LogP contribution is -2.14. The Bertz CT molecular complexity index is 1060. The Morgan fingerprint density at radius 1 is 1.17 bits per heavy atom. The van der Waals surface area contributed by atoms with Crippen LogP contribution in [0.1, 0.15) is 49.6 Å².